The zero-order valence-corrected chi connectivity index (χ0v) is 19.2. The second kappa shape index (κ2) is 11.0. The highest BCUT2D eigenvalue weighted by Gasteiger charge is 2.20. The number of carbonyl (C=O) groups is 3. The van der Waals surface area contributed by atoms with Crippen molar-refractivity contribution in [1.29, 1.82) is 0 Å². The third kappa shape index (κ3) is 5.80. The van der Waals surface area contributed by atoms with Crippen molar-refractivity contribution in [2.24, 2.45) is 0 Å². The molecule has 3 aromatic rings. The fourth-order valence-corrected chi connectivity index (χ4v) is 4.69. The molecule has 32 heavy (non-hydrogen) atoms. The van der Waals surface area contributed by atoms with Crippen LogP contribution in [0.15, 0.2) is 48.5 Å². The molecule has 0 radical (unpaired) electrons. The van der Waals surface area contributed by atoms with Gasteiger partial charge in [0.1, 0.15) is 16.5 Å². The summed E-state index contributed by atoms with van der Waals surface area (Å²) in [5, 5.41) is 5.38. The van der Waals surface area contributed by atoms with Crippen LogP contribution in [0.5, 0.6) is 0 Å². The summed E-state index contributed by atoms with van der Waals surface area (Å²) in [7, 11) is 1.50. The standard InChI is InChI=1S/C23H22FN3O3S2/c1-14-20(27-23(32-14)16-6-4-3-5-7-16)22(30)26-12-17-10-15(8-9-18(17)24)11-19(31-13-28)21(29)25-2/h3-10,13,19H,11-12H2,1-2H3,(H,25,29)(H,26,30). The van der Waals surface area contributed by atoms with Crippen LogP contribution in [0.3, 0.4) is 0 Å². The van der Waals surface area contributed by atoms with Crippen molar-refractivity contribution in [2.75, 3.05) is 7.05 Å². The quantitative estimate of drug-likeness (QED) is 0.464. The van der Waals surface area contributed by atoms with E-state index < -0.39 is 11.1 Å². The largest absolute Gasteiger partial charge is 0.358 e. The number of benzene rings is 2. The van der Waals surface area contributed by atoms with Gasteiger partial charge in [0.2, 0.25) is 5.91 Å². The minimum absolute atomic E-state index is 0.0262. The van der Waals surface area contributed by atoms with Crippen LogP contribution in [0.4, 0.5) is 4.39 Å². The SMILES string of the molecule is CNC(=O)C(Cc1ccc(F)c(CNC(=O)c2nc(-c3ccccc3)sc2C)c1)SC=O. The van der Waals surface area contributed by atoms with E-state index in [0.29, 0.717) is 22.4 Å². The van der Waals surface area contributed by atoms with Crippen LogP contribution >= 0.6 is 23.1 Å². The Balaban J connectivity index is 1.71. The highest BCUT2D eigenvalue weighted by Crippen LogP contribution is 2.27. The Bertz CT molecular complexity index is 1120. The van der Waals surface area contributed by atoms with Crippen molar-refractivity contribution in [2.45, 2.75) is 25.1 Å². The van der Waals surface area contributed by atoms with E-state index in [0.717, 1.165) is 27.2 Å². The van der Waals surface area contributed by atoms with Crippen LogP contribution < -0.4 is 10.6 Å². The highest BCUT2D eigenvalue weighted by atomic mass is 32.2. The topological polar surface area (TPSA) is 88.2 Å². The van der Waals surface area contributed by atoms with Crippen molar-refractivity contribution in [3.8, 4) is 10.6 Å². The van der Waals surface area contributed by atoms with Crippen molar-refractivity contribution < 1.29 is 18.8 Å². The van der Waals surface area contributed by atoms with Gasteiger partial charge < -0.3 is 10.6 Å². The monoisotopic (exact) mass is 471 g/mol. The van der Waals surface area contributed by atoms with Gasteiger partial charge in [0, 0.05) is 29.6 Å². The van der Waals surface area contributed by atoms with Gasteiger partial charge in [-0.3, -0.25) is 14.4 Å². The summed E-state index contributed by atoms with van der Waals surface area (Å²) in [4.78, 5) is 40.7. The molecule has 2 N–H and O–H groups in total. The highest BCUT2D eigenvalue weighted by molar-refractivity contribution is 8.13. The molecule has 0 bridgehead atoms. The van der Waals surface area contributed by atoms with Crippen LogP contribution in [-0.4, -0.2) is 34.7 Å². The first-order chi connectivity index (χ1) is 15.4. The Kier molecular flexibility index (Phi) is 8.13. The summed E-state index contributed by atoms with van der Waals surface area (Å²) < 4.78 is 14.3. The van der Waals surface area contributed by atoms with Gasteiger partial charge in [-0.1, -0.05) is 54.2 Å². The number of aryl methyl sites for hydroxylation is 1. The van der Waals surface area contributed by atoms with E-state index in [-0.39, 0.29) is 24.8 Å². The summed E-state index contributed by atoms with van der Waals surface area (Å²) in [6, 6.07) is 14.0. The van der Waals surface area contributed by atoms with Gasteiger partial charge in [-0.25, -0.2) is 9.37 Å². The van der Waals surface area contributed by atoms with Crippen LogP contribution in [0.2, 0.25) is 0 Å². The summed E-state index contributed by atoms with van der Waals surface area (Å²) in [6.45, 7) is 1.80. The van der Waals surface area contributed by atoms with Crippen molar-refractivity contribution in [1.82, 2.24) is 15.6 Å². The number of amides is 2. The molecule has 1 aromatic heterocycles. The summed E-state index contributed by atoms with van der Waals surface area (Å²) in [5.41, 5.74) is 2.84. The molecule has 2 aromatic carbocycles. The number of aromatic nitrogens is 1. The number of hydrogen-bond acceptors (Lipinski definition) is 6. The van der Waals surface area contributed by atoms with Crippen molar-refractivity contribution in [3.05, 3.63) is 76.0 Å². The number of halogens is 1. The fraction of sp³-hybridized carbons (Fsp3) is 0.217. The molecule has 9 heteroatoms. The van der Waals surface area contributed by atoms with E-state index in [1.54, 1.807) is 12.1 Å². The Hall–Kier alpha value is -3.04. The van der Waals surface area contributed by atoms with Gasteiger partial charge in [0.15, 0.2) is 5.62 Å². The number of nitrogens with one attached hydrogen (secondary N) is 2. The predicted molar refractivity (Wildman–Crippen MR) is 126 cm³/mol. The van der Waals surface area contributed by atoms with E-state index in [2.05, 4.69) is 15.6 Å². The van der Waals surface area contributed by atoms with E-state index in [1.165, 1.54) is 24.5 Å². The smallest absolute Gasteiger partial charge is 0.271 e. The lowest BCUT2D eigenvalue weighted by Crippen LogP contribution is -2.31. The lowest BCUT2D eigenvalue weighted by atomic mass is 10.0. The second-order valence-electron chi connectivity index (χ2n) is 6.94. The van der Waals surface area contributed by atoms with Gasteiger partial charge in [0.05, 0.1) is 5.25 Å². The van der Waals surface area contributed by atoms with Gasteiger partial charge >= 0.3 is 0 Å². The molecule has 1 heterocycles. The molecule has 0 saturated carbocycles. The molecule has 0 fully saturated rings. The van der Waals surface area contributed by atoms with Gasteiger partial charge in [-0.15, -0.1) is 11.3 Å². The summed E-state index contributed by atoms with van der Waals surface area (Å²) in [6.07, 6.45) is 0.260. The zero-order valence-electron chi connectivity index (χ0n) is 17.6. The first-order valence-electron chi connectivity index (χ1n) is 9.82. The maximum absolute atomic E-state index is 14.3. The number of rotatable bonds is 9. The number of hydrogen-bond donors (Lipinski definition) is 2. The molecule has 6 nitrogen and oxygen atoms in total. The molecule has 3 rings (SSSR count). The van der Waals surface area contributed by atoms with Crippen LogP contribution in [0, 0.1) is 12.7 Å². The molecule has 0 aliphatic carbocycles. The van der Waals surface area contributed by atoms with Crippen LogP contribution in [0.1, 0.15) is 26.5 Å². The molecule has 166 valence electrons. The van der Waals surface area contributed by atoms with Crippen LogP contribution in [-0.2, 0) is 22.6 Å². The number of nitrogens with zero attached hydrogens (tertiary/aromatic N) is 1. The first-order valence-corrected chi connectivity index (χ1v) is 11.6. The number of thiazole rings is 1. The second-order valence-corrected chi connectivity index (χ2v) is 9.17. The maximum atomic E-state index is 14.3. The first kappa shape index (κ1) is 23.6. The predicted octanol–water partition coefficient (Wildman–Crippen LogP) is 3.77. The van der Waals surface area contributed by atoms with Gasteiger partial charge in [0.25, 0.3) is 5.91 Å². The maximum Gasteiger partial charge on any atom is 0.271 e. The Morgan fingerprint density at radius 1 is 1.22 bits per heavy atom. The summed E-state index contributed by atoms with van der Waals surface area (Å²) in [5.74, 6) is -1.13. The molecule has 0 aliphatic rings. The van der Waals surface area contributed by atoms with Crippen molar-refractivity contribution in [3.63, 3.8) is 0 Å². The van der Waals surface area contributed by atoms with E-state index in [4.69, 9.17) is 0 Å². The molecule has 1 unspecified atom stereocenters. The molecule has 0 aliphatic heterocycles. The van der Waals surface area contributed by atoms with E-state index in [1.807, 2.05) is 37.3 Å². The summed E-state index contributed by atoms with van der Waals surface area (Å²) >= 11 is 2.29. The normalized spacial score (nSPS) is 11.6. The van der Waals surface area contributed by atoms with Gasteiger partial charge in [-0.2, -0.15) is 0 Å². The number of thioether (sulfide) groups is 1. The number of carbonyl (C=O) groups excluding carboxylic acids is 3. The third-order valence-corrected chi connectivity index (χ3v) is 6.60. The Labute approximate surface area is 193 Å². The minimum atomic E-state index is -0.612. The van der Waals surface area contributed by atoms with E-state index in [9.17, 15) is 18.8 Å². The van der Waals surface area contributed by atoms with Crippen LogP contribution in [0.25, 0.3) is 10.6 Å². The Morgan fingerprint density at radius 2 is 1.97 bits per heavy atom. The van der Waals surface area contributed by atoms with Gasteiger partial charge in [-0.05, 0) is 25.0 Å². The molecule has 2 amide bonds. The van der Waals surface area contributed by atoms with E-state index >= 15 is 0 Å². The lowest BCUT2D eigenvalue weighted by Gasteiger charge is -2.13. The average molecular weight is 472 g/mol. The fourth-order valence-electron chi connectivity index (χ4n) is 3.11. The Morgan fingerprint density at radius 3 is 2.66 bits per heavy atom. The molecule has 0 spiro atoms. The van der Waals surface area contributed by atoms with Crippen molar-refractivity contribution >= 4 is 40.5 Å². The third-order valence-electron chi connectivity index (χ3n) is 4.76. The molecular formula is C23H22FN3O3S2. The zero-order chi connectivity index (χ0) is 23.1. The minimum Gasteiger partial charge on any atom is -0.358 e. The molecule has 0 saturated heterocycles. The molecular weight excluding hydrogens is 449 g/mol. The lowest BCUT2D eigenvalue weighted by molar-refractivity contribution is -0.120. The molecule has 1 atom stereocenters. The average Bonchev–Trinajstić information content (AvgIpc) is 3.20.